The van der Waals surface area contributed by atoms with Crippen LogP contribution in [-0.2, 0) is 4.79 Å². The summed E-state index contributed by atoms with van der Waals surface area (Å²) in [5.74, 6) is -1.62. The van der Waals surface area contributed by atoms with E-state index in [1.807, 2.05) is 0 Å². The smallest absolute Gasteiger partial charge is 0.234 e. The standard InChI is InChI=1S/C14H12F2N2OS/c15-9-5-6-13(10(16)7-9)20-8-14(19)18-12-4-2-1-3-11(12)17/h1-7H,8,17H2,(H,18,19). The highest BCUT2D eigenvalue weighted by molar-refractivity contribution is 8.00. The van der Waals surface area contributed by atoms with Crippen LogP contribution in [0, 0.1) is 11.6 Å². The number of nitrogen functional groups attached to an aromatic ring is 1. The summed E-state index contributed by atoms with van der Waals surface area (Å²) in [6, 6.07) is 10.1. The maximum Gasteiger partial charge on any atom is 0.234 e. The zero-order chi connectivity index (χ0) is 14.5. The number of benzene rings is 2. The minimum atomic E-state index is -0.679. The van der Waals surface area contributed by atoms with E-state index in [4.69, 9.17) is 5.73 Å². The van der Waals surface area contributed by atoms with Crippen LogP contribution in [0.4, 0.5) is 20.2 Å². The van der Waals surface area contributed by atoms with Crippen molar-refractivity contribution in [2.45, 2.75) is 4.90 Å². The van der Waals surface area contributed by atoms with Gasteiger partial charge in [0.2, 0.25) is 5.91 Å². The molecule has 0 saturated carbocycles. The number of carbonyl (C=O) groups excluding carboxylic acids is 1. The highest BCUT2D eigenvalue weighted by Crippen LogP contribution is 2.23. The van der Waals surface area contributed by atoms with Gasteiger partial charge in [0, 0.05) is 11.0 Å². The van der Waals surface area contributed by atoms with Crippen molar-refractivity contribution in [1.29, 1.82) is 0 Å². The van der Waals surface area contributed by atoms with Crippen LogP contribution in [0.1, 0.15) is 0 Å². The quantitative estimate of drug-likeness (QED) is 0.672. The molecule has 3 N–H and O–H groups in total. The van der Waals surface area contributed by atoms with Crippen LogP contribution in [0.5, 0.6) is 0 Å². The second kappa shape index (κ2) is 6.38. The molecular weight excluding hydrogens is 282 g/mol. The molecule has 0 aliphatic rings. The predicted molar refractivity (Wildman–Crippen MR) is 76.6 cm³/mol. The number of nitrogens with one attached hydrogen (secondary N) is 1. The number of hydrogen-bond acceptors (Lipinski definition) is 3. The van der Waals surface area contributed by atoms with Gasteiger partial charge in [-0.1, -0.05) is 12.1 Å². The molecule has 20 heavy (non-hydrogen) atoms. The third-order valence-electron chi connectivity index (χ3n) is 2.49. The Morgan fingerprint density at radius 1 is 1.20 bits per heavy atom. The first-order valence-corrected chi connectivity index (χ1v) is 6.77. The van der Waals surface area contributed by atoms with E-state index in [1.54, 1.807) is 24.3 Å². The number of carbonyl (C=O) groups is 1. The number of rotatable bonds is 4. The lowest BCUT2D eigenvalue weighted by atomic mass is 10.3. The fraction of sp³-hybridized carbons (Fsp3) is 0.0714. The zero-order valence-electron chi connectivity index (χ0n) is 10.4. The molecule has 0 fully saturated rings. The second-order valence-corrected chi connectivity index (χ2v) is 5.02. The number of para-hydroxylation sites is 2. The van der Waals surface area contributed by atoms with Gasteiger partial charge in [-0.25, -0.2) is 8.78 Å². The molecule has 0 atom stereocenters. The summed E-state index contributed by atoms with van der Waals surface area (Å²) in [6.45, 7) is 0. The summed E-state index contributed by atoms with van der Waals surface area (Å²) >= 11 is 0.994. The molecule has 3 nitrogen and oxygen atoms in total. The molecule has 2 rings (SSSR count). The number of amides is 1. The molecule has 104 valence electrons. The largest absolute Gasteiger partial charge is 0.397 e. The first-order chi connectivity index (χ1) is 9.56. The van der Waals surface area contributed by atoms with Crippen LogP contribution in [0.3, 0.4) is 0 Å². The number of halogens is 2. The first-order valence-electron chi connectivity index (χ1n) is 5.78. The summed E-state index contributed by atoms with van der Waals surface area (Å²) in [7, 11) is 0. The molecule has 0 unspecified atom stereocenters. The molecule has 0 saturated heterocycles. The Kier molecular flexibility index (Phi) is 4.57. The van der Waals surface area contributed by atoms with Crippen molar-refractivity contribution in [2.24, 2.45) is 0 Å². The van der Waals surface area contributed by atoms with Gasteiger partial charge in [0.15, 0.2) is 0 Å². The van der Waals surface area contributed by atoms with Crippen molar-refractivity contribution in [2.75, 3.05) is 16.8 Å². The molecule has 0 aliphatic heterocycles. The van der Waals surface area contributed by atoms with Gasteiger partial charge in [0.05, 0.1) is 17.1 Å². The average Bonchev–Trinajstić information content (AvgIpc) is 2.40. The molecule has 0 heterocycles. The van der Waals surface area contributed by atoms with Crippen LogP contribution in [0.25, 0.3) is 0 Å². The van der Waals surface area contributed by atoms with Crippen LogP contribution in [0.15, 0.2) is 47.4 Å². The minimum Gasteiger partial charge on any atom is -0.397 e. The zero-order valence-corrected chi connectivity index (χ0v) is 11.2. The molecule has 0 radical (unpaired) electrons. The number of hydrogen-bond donors (Lipinski definition) is 2. The van der Waals surface area contributed by atoms with Crippen LogP contribution < -0.4 is 11.1 Å². The van der Waals surface area contributed by atoms with Crippen molar-refractivity contribution in [3.63, 3.8) is 0 Å². The number of nitrogens with two attached hydrogens (primary N) is 1. The Morgan fingerprint density at radius 2 is 1.95 bits per heavy atom. The lowest BCUT2D eigenvalue weighted by Gasteiger charge is -2.08. The maximum atomic E-state index is 13.4. The highest BCUT2D eigenvalue weighted by atomic mass is 32.2. The monoisotopic (exact) mass is 294 g/mol. The van der Waals surface area contributed by atoms with Gasteiger partial charge >= 0.3 is 0 Å². The maximum absolute atomic E-state index is 13.4. The Balaban J connectivity index is 1.94. The Labute approximate surface area is 119 Å². The van der Waals surface area contributed by atoms with Gasteiger partial charge in [0.1, 0.15) is 11.6 Å². The van der Waals surface area contributed by atoms with Crippen molar-refractivity contribution >= 4 is 29.0 Å². The normalized spacial score (nSPS) is 10.3. The molecule has 1 amide bonds. The van der Waals surface area contributed by atoms with Crippen molar-refractivity contribution in [3.05, 3.63) is 54.1 Å². The summed E-state index contributed by atoms with van der Waals surface area (Å²) in [6.07, 6.45) is 0. The van der Waals surface area contributed by atoms with Crippen LogP contribution in [0.2, 0.25) is 0 Å². The van der Waals surface area contributed by atoms with Crippen LogP contribution >= 0.6 is 11.8 Å². The lowest BCUT2D eigenvalue weighted by molar-refractivity contribution is -0.113. The van der Waals surface area contributed by atoms with E-state index in [-0.39, 0.29) is 16.6 Å². The van der Waals surface area contributed by atoms with E-state index in [9.17, 15) is 13.6 Å². The SMILES string of the molecule is Nc1ccccc1NC(=O)CSc1ccc(F)cc1F. The van der Waals surface area contributed by atoms with Crippen LogP contribution in [-0.4, -0.2) is 11.7 Å². The molecule has 6 heteroatoms. The van der Waals surface area contributed by atoms with Gasteiger partial charge in [-0.15, -0.1) is 11.8 Å². The van der Waals surface area contributed by atoms with E-state index in [1.165, 1.54) is 6.07 Å². The molecular formula is C14H12F2N2OS. The van der Waals surface area contributed by atoms with Gasteiger partial charge < -0.3 is 11.1 Å². The molecule has 0 aliphatic carbocycles. The summed E-state index contributed by atoms with van der Waals surface area (Å²) < 4.78 is 26.1. The Morgan fingerprint density at radius 3 is 2.65 bits per heavy atom. The highest BCUT2D eigenvalue weighted by Gasteiger charge is 2.09. The summed E-state index contributed by atoms with van der Waals surface area (Å²) in [5, 5.41) is 2.63. The average molecular weight is 294 g/mol. The molecule has 0 spiro atoms. The van der Waals surface area contributed by atoms with Crippen molar-refractivity contribution in [1.82, 2.24) is 0 Å². The Bertz CT molecular complexity index is 634. The second-order valence-electron chi connectivity index (χ2n) is 4.00. The number of anilines is 2. The Hall–Kier alpha value is -2.08. The third kappa shape index (κ3) is 3.71. The number of thioether (sulfide) groups is 1. The van der Waals surface area contributed by atoms with E-state index in [2.05, 4.69) is 5.32 Å². The summed E-state index contributed by atoms with van der Waals surface area (Å²) in [5.41, 5.74) is 6.66. The fourth-order valence-corrected chi connectivity index (χ4v) is 2.25. The first kappa shape index (κ1) is 14.3. The van der Waals surface area contributed by atoms with E-state index in [0.29, 0.717) is 11.4 Å². The van der Waals surface area contributed by atoms with Crippen molar-refractivity contribution in [3.8, 4) is 0 Å². The predicted octanol–water partition coefficient (Wildman–Crippen LogP) is 3.28. The van der Waals surface area contributed by atoms with Gasteiger partial charge in [-0.3, -0.25) is 4.79 Å². The summed E-state index contributed by atoms with van der Waals surface area (Å²) in [4.78, 5) is 12.0. The molecule has 2 aromatic rings. The van der Waals surface area contributed by atoms with Gasteiger partial charge in [-0.05, 0) is 24.3 Å². The molecule has 0 bridgehead atoms. The van der Waals surface area contributed by atoms with E-state index in [0.717, 1.165) is 23.9 Å². The topological polar surface area (TPSA) is 55.1 Å². The van der Waals surface area contributed by atoms with Crippen molar-refractivity contribution < 1.29 is 13.6 Å². The minimum absolute atomic E-state index is 0.0108. The van der Waals surface area contributed by atoms with Gasteiger partial charge in [-0.2, -0.15) is 0 Å². The van der Waals surface area contributed by atoms with E-state index < -0.39 is 11.6 Å². The fourth-order valence-electron chi connectivity index (χ4n) is 1.53. The molecule has 0 aromatic heterocycles. The van der Waals surface area contributed by atoms with Gasteiger partial charge in [0.25, 0.3) is 0 Å². The lowest BCUT2D eigenvalue weighted by Crippen LogP contribution is -2.15. The molecule has 2 aromatic carbocycles. The van der Waals surface area contributed by atoms with E-state index >= 15 is 0 Å². The third-order valence-corrected chi connectivity index (χ3v) is 3.54.